The quantitative estimate of drug-likeness (QED) is 0.434. The fourth-order valence-corrected chi connectivity index (χ4v) is 2.99. The molecule has 0 fully saturated rings. The van der Waals surface area contributed by atoms with Crippen LogP contribution >= 0.6 is 0 Å². The Balaban J connectivity index is 2.12. The Morgan fingerprint density at radius 1 is 0.923 bits per heavy atom. The Morgan fingerprint density at radius 2 is 1.69 bits per heavy atom. The third-order valence-corrected chi connectivity index (χ3v) is 4.20. The molecule has 0 aliphatic carbocycles. The zero-order chi connectivity index (χ0) is 18.8. The summed E-state index contributed by atoms with van der Waals surface area (Å²) in [6, 6.07) is 10.1. The summed E-state index contributed by atoms with van der Waals surface area (Å²) in [5.41, 5.74) is 0.847. The van der Waals surface area contributed by atoms with Gasteiger partial charge in [0.25, 0.3) is 6.08 Å². The fourth-order valence-electron chi connectivity index (χ4n) is 2.99. The van der Waals surface area contributed by atoms with Gasteiger partial charge in [-0.2, -0.15) is 8.78 Å². The second-order valence-electron chi connectivity index (χ2n) is 6.02. The average molecular weight is 362 g/mol. The van der Waals surface area contributed by atoms with Crippen LogP contribution in [0, 0.1) is 17.5 Å². The Labute approximate surface area is 147 Å². The highest BCUT2D eigenvalue weighted by atomic mass is 19.3. The van der Waals surface area contributed by atoms with Crippen LogP contribution in [0.1, 0.15) is 24.5 Å². The first-order valence-corrected chi connectivity index (χ1v) is 8.14. The van der Waals surface area contributed by atoms with Gasteiger partial charge in [0.15, 0.2) is 0 Å². The molecule has 0 N–H and O–H groups in total. The maximum absolute atomic E-state index is 14.4. The monoisotopic (exact) mass is 362 g/mol. The van der Waals surface area contributed by atoms with E-state index in [1.165, 1.54) is 24.3 Å². The van der Waals surface area contributed by atoms with Crippen molar-refractivity contribution in [1.82, 2.24) is 0 Å². The molecule has 0 aliphatic heterocycles. The van der Waals surface area contributed by atoms with Crippen molar-refractivity contribution in [2.24, 2.45) is 0 Å². The van der Waals surface area contributed by atoms with Crippen molar-refractivity contribution in [3.05, 3.63) is 77.1 Å². The highest BCUT2D eigenvalue weighted by molar-refractivity contribution is 5.90. The second-order valence-corrected chi connectivity index (χ2v) is 6.02. The van der Waals surface area contributed by atoms with E-state index < -0.39 is 29.1 Å². The van der Waals surface area contributed by atoms with E-state index in [0.717, 1.165) is 24.5 Å². The van der Waals surface area contributed by atoms with Crippen LogP contribution in [0.5, 0.6) is 0 Å². The summed E-state index contributed by atoms with van der Waals surface area (Å²) < 4.78 is 67.5. The predicted octanol–water partition coefficient (Wildman–Crippen LogP) is 7.11. The van der Waals surface area contributed by atoms with Crippen LogP contribution in [0.3, 0.4) is 0 Å². The summed E-state index contributed by atoms with van der Waals surface area (Å²) in [5, 5.41) is 0.164. The average Bonchev–Trinajstić information content (AvgIpc) is 2.58. The molecule has 0 bridgehead atoms. The smallest absolute Gasteiger partial charge is 0.206 e. The number of hydrogen-bond acceptors (Lipinski definition) is 0. The first-order valence-electron chi connectivity index (χ1n) is 8.14. The highest BCUT2D eigenvalue weighted by Crippen LogP contribution is 2.31. The number of halogens is 5. The van der Waals surface area contributed by atoms with Crippen molar-refractivity contribution >= 4 is 16.8 Å². The first-order chi connectivity index (χ1) is 12.4. The van der Waals surface area contributed by atoms with Gasteiger partial charge in [0.2, 0.25) is 0 Å². The summed E-state index contributed by atoms with van der Waals surface area (Å²) in [7, 11) is 0. The topological polar surface area (TPSA) is 0 Å². The van der Waals surface area contributed by atoms with Crippen molar-refractivity contribution in [3.8, 4) is 11.1 Å². The van der Waals surface area contributed by atoms with E-state index in [2.05, 4.69) is 0 Å². The van der Waals surface area contributed by atoms with Crippen LogP contribution in [0.25, 0.3) is 28.0 Å². The Morgan fingerprint density at radius 3 is 2.35 bits per heavy atom. The van der Waals surface area contributed by atoms with E-state index in [1.807, 2.05) is 13.0 Å². The standard InChI is InChI=1S/C21H15F5/c1-2-3-12-4-6-15(18(22)8-12)13-5-7-16-14(9-13)10-19(23)17(21(16)26)11-20(24)25/h4-11H,2-3H2,1H3. The van der Waals surface area contributed by atoms with E-state index in [9.17, 15) is 22.0 Å². The highest BCUT2D eigenvalue weighted by Gasteiger charge is 2.15. The van der Waals surface area contributed by atoms with E-state index in [-0.39, 0.29) is 16.8 Å². The number of aryl methyl sites for hydroxylation is 1. The molecule has 0 spiro atoms. The van der Waals surface area contributed by atoms with Crippen LogP contribution in [0.15, 0.2) is 48.5 Å². The van der Waals surface area contributed by atoms with Crippen LogP contribution < -0.4 is 0 Å². The van der Waals surface area contributed by atoms with Gasteiger partial charge in [0, 0.05) is 17.0 Å². The van der Waals surface area contributed by atoms with Gasteiger partial charge in [-0.3, -0.25) is 0 Å². The van der Waals surface area contributed by atoms with Crippen LogP contribution in [-0.4, -0.2) is 0 Å². The summed E-state index contributed by atoms with van der Waals surface area (Å²) in [6.07, 6.45) is -0.381. The second kappa shape index (κ2) is 7.28. The molecule has 0 radical (unpaired) electrons. The van der Waals surface area contributed by atoms with Gasteiger partial charge in [-0.15, -0.1) is 0 Å². The van der Waals surface area contributed by atoms with Crippen molar-refractivity contribution < 1.29 is 22.0 Å². The minimum absolute atomic E-state index is 0.00865. The molecule has 3 rings (SSSR count). The third-order valence-electron chi connectivity index (χ3n) is 4.20. The summed E-state index contributed by atoms with van der Waals surface area (Å²) in [4.78, 5) is 0. The van der Waals surface area contributed by atoms with E-state index >= 15 is 0 Å². The Bertz CT molecular complexity index is 1000. The first kappa shape index (κ1) is 18.1. The molecule has 0 nitrogen and oxygen atoms in total. The number of rotatable bonds is 4. The van der Waals surface area contributed by atoms with E-state index in [0.29, 0.717) is 11.1 Å². The van der Waals surface area contributed by atoms with Gasteiger partial charge in [0.05, 0.1) is 5.56 Å². The van der Waals surface area contributed by atoms with Crippen molar-refractivity contribution in [2.75, 3.05) is 0 Å². The largest absolute Gasteiger partial charge is 0.271 e. The van der Waals surface area contributed by atoms with Crippen molar-refractivity contribution in [1.29, 1.82) is 0 Å². The van der Waals surface area contributed by atoms with Crippen LogP contribution in [0.4, 0.5) is 22.0 Å². The SMILES string of the molecule is CCCc1ccc(-c2ccc3c(F)c(C=C(F)F)c(F)cc3c2)c(F)c1. The summed E-state index contributed by atoms with van der Waals surface area (Å²) >= 11 is 0. The number of fused-ring (bicyclic) bond motifs is 1. The van der Waals surface area contributed by atoms with Gasteiger partial charge in [-0.05, 0) is 41.1 Å². The number of hydrogen-bond donors (Lipinski definition) is 0. The number of benzene rings is 3. The Hall–Kier alpha value is -2.69. The third kappa shape index (κ3) is 3.47. The lowest BCUT2D eigenvalue weighted by Gasteiger charge is -2.09. The van der Waals surface area contributed by atoms with Crippen molar-refractivity contribution in [2.45, 2.75) is 19.8 Å². The summed E-state index contributed by atoms with van der Waals surface area (Å²) in [6.45, 7) is 2.00. The lowest BCUT2D eigenvalue weighted by molar-refractivity contribution is 0.428. The molecule has 0 aromatic heterocycles. The maximum atomic E-state index is 14.4. The summed E-state index contributed by atoms with van der Waals surface area (Å²) in [5.74, 6) is -2.59. The molecule has 26 heavy (non-hydrogen) atoms. The van der Waals surface area contributed by atoms with E-state index in [4.69, 9.17) is 0 Å². The molecular formula is C21H15F5. The molecule has 0 unspecified atom stereocenters. The molecule has 3 aromatic carbocycles. The van der Waals surface area contributed by atoms with Crippen molar-refractivity contribution in [3.63, 3.8) is 0 Å². The van der Waals surface area contributed by atoms with Gasteiger partial charge in [0.1, 0.15) is 17.5 Å². The molecule has 0 saturated carbocycles. The molecular weight excluding hydrogens is 347 g/mol. The Kier molecular flexibility index (Phi) is 5.07. The van der Waals surface area contributed by atoms with Gasteiger partial charge < -0.3 is 0 Å². The van der Waals surface area contributed by atoms with Gasteiger partial charge >= 0.3 is 0 Å². The minimum Gasteiger partial charge on any atom is -0.206 e. The van der Waals surface area contributed by atoms with E-state index in [1.54, 1.807) is 6.07 Å². The maximum Gasteiger partial charge on any atom is 0.271 e. The molecule has 3 aromatic rings. The molecule has 0 aliphatic rings. The zero-order valence-corrected chi connectivity index (χ0v) is 13.9. The fraction of sp³-hybridized carbons (Fsp3) is 0.143. The molecule has 0 heterocycles. The molecule has 134 valence electrons. The molecule has 5 heteroatoms. The van der Waals surface area contributed by atoms with Gasteiger partial charge in [-0.1, -0.05) is 37.6 Å². The lowest BCUT2D eigenvalue weighted by atomic mass is 9.97. The van der Waals surface area contributed by atoms with Crippen LogP contribution in [-0.2, 0) is 6.42 Å². The zero-order valence-electron chi connectivity index (χ0n) is 13.9. The lowest BCUT2D eigenvalue weighted by Crippen LogP contribution is -1.93. The molecule has 0 saturated heterocycles. The van der Waals surface area contributed by atoms with Gasteiger partial charge in [-0.25, -0.2) is 13.2 Å². The normalized spacial score (nSPS) is 11.0. The minimum atomic E-state index is -2.19. The van der Waals surface area contributed by atoms with Crippen LogP contribution in [0.2, 0.25) is 0 Å². The molecule has 0 amide bonds. The molecule has 0 atom stereocenters. The predicted molar refractivity (Wildman–Crippen MR) is 93.4 cm³/mol.